The summed E-state index contributed by atoms with van der Waals surface area (Å²) in [4.78, 5) is 2.53. The van der Waals surface area contributed by atoms with Crippen molar-refractivity contribution < 1.29 is 0 Å². The summed E-state index contributed by atoms with van der Waals surface area (Å²) in [5.41, 5.74) is 1.52. The molecule has 0 amide bonds. The molecule has 0 aliphatic carbocycles. The van der Waals surface area contributed by atoms with E-state index in [1.54, 1.807) is 0 Å². The minimum Gasteiger partial charge on any atom is -0.299 e. The lowest BCUT2D eigenvalue weighted by atomic mass is 10.0. The first-order valence-corrected chi connectivity index (χ1v) is 11.7. The lowest BCUT2D eigenvalue weighted by Gasteiger charge is -2.29. The van der Waals surface area contributed by atoms with E-state index < -0.39 is 7.26 Å². The van der Waals surface area contributed by atoms with Crippen molar-refractivity contribution in [3.8, 4) is 0 Å². The van der Waals surface area contributed by atoms with E-state index in [1.807, 2.05) is 0 Å². The smallest absolute Gasteiger partial charge is 0.109 e. The normalized spacial score (nSPS) is 18.2. The molecule has 1 atom stereocenters. The maximum absolute atomic E-state index is 2.53. The van der Waals surface area contributed by atoms with Crippen LogP contribution in [0.4, 0.5) is 0 Å². The van der Waals surface area contributed by atoms with Crippen molar-refractivity contribution in [2.45, 2.75) is 18.9 Å². The van der Waals surface area contributed by atoms with Crippen molar-refractivity contribution in [2.75, 3.05) is 20.3 Å². The SMILES string of the molecule is CN1CCCC1c1ccccc1[P+](C)(c1ccccc1)c1ccccc1. The van der Waals surface area contributed by atoms with Gasteiger partial charge in [0.05, 0.1) is 6.66 Å². The third-order valence-corrected chi connectivity index (χ3v) is 9.88. The molecular weight excluding hydrogens is 333 g/mol. The Kier molecular flexibility index (Phi) is 4.94. The standard InChI is InChI=1S/C24H27NP/c1-25-19-11-17-23(25)22-16-9-10-18-24(22)26(2,20-12-5-3-6-13-20)21-14-7-4-8-15-21/h3-10,12-16,18,23H,11,17,19H2,1-2H3/q+1. The summed E-state index contributed by atoms with van der Waals surface area (Å²) < 4.78 is 0. The van der Waals surface area contributed by atoms with Crippen molar-refractivity contribution in [1.29, 1.82) is 0 Å². The number of rotatable bonds is 4. The third kappa shape index (κ3) is 3.00. The van der Waals surface area contributed by atoms with Gasteiger partial charge in [-0.05, 0) is 56.8 Å². The molecule has 1 nitrogen and oxygen atoms in total. The maximum Gasteiger partial charge on any atom is 0.109 e. The van der Waals surface area contributed by atoms with E-state index in [2.05, 4.69) is 104 Å². The van der Waals surface area contributed by atoms with Crippen LogP contribution in [-0.2, 0) is 0 Å². The van der Waals surface area contributed by atoms with Gasteiger partial charge in [0.2, 0.25) is 0 Å². The van der Waals surface area contributed by atoms with Gasteiger partial charge in [-0.25, -0.2) is 0 Å². The first-order chi connectivity index (χ1) is 12.7. The Morgan fingerprint density at radius 1 is 0.769 bits per heavy atom. The molecule has 0 spiro atoms. The van der Waals surface area contributed by atoms with Crippen molar-refractivity contribution in [2.24, 2.45) is 0 Å². The lowest BCUT2D eigenvalue weighted by Crippen LogP contribution is -2.34. The number of hydrogen-bond acceptors (Lipinski definition) is 1. The van der Waals surface area contributed by atoms with E-state index in [-0.39, 0.29) is 0 Å². The van der Waals surface area contributed by atoms with Crippen LogP contribution in [0.1, 0.15) is 24.4 Å². The quantitative estimate of drug-likeness (QED) is 0.624. The Morgan fingerprint density at radius 2 is 1.31 bits per heavy atom. The highest BCUT2D eigenvalue weighted by atomic mass is 31.2. The molecule has 0 aromatic heterocycles. The van der Waals surface area contributed by atoms with E-state index in [1.165, 1.54) is 40.9 Å². The zero-order chi connectivity index (χ0) is 18.0. The predicted octanol–water partition coefficient (Wildman–Crippen LogP) is 4.38. The first kappa shape index (κ1) is 17.5. The zero-order valence-corrected chi connectivity index (χ0v) is 16.6. The molecule has 0 bridgehead atoms. The molecule has 3 aromatic carbocycles. The van der Waals surface area contributed by atoms with Crippen LogP contribution in [-0.4, -0.2) is 25.2 Å². The molecule has 1 heterocycles. The molecule has 1 aliphatic heterocycles. The Labute approximate surface area is 158 Å². The van der Waals surface area contributed by atoms with Gasteiger partial charge >= 0.3 is 0 Å². The number of hydrogen-bond donors (Lipinski definition) is 0. The van der Waals surface area contributed by atoms with Crippen LogP contribution < -0.4 is 15.9 Å². The third-order valence-electron chi connectivity index (χ3n) is 5.84. The summed E-state index contributed by atoms with van der Waals surface area (Å²) in [6.07, 6.45) is 2.55. The first-order valence-electron chi connectivity index (χ1n) is 9.49. The van der Waals surface area contributed by atoms with E-state index in [0.29, 0.717) is 6.04 Å². The second-order valence-corrected chi connectivity index (χ2v) is 10.9. The minimum atomic E-state index is -1.67. The van der Waals surface area contributed by atoms with Crippen LogP contribution in [0, 0.1) is 0 Å². The minimum absolute atomic E-state index is 0.540. The molecule has 0 saturated carbocycles. The maximum atomic E-state index is 2.53. The second kappa shape index (κ2) is 7.35. The molecule has 132 valence electrons. The Morgan fingerprint density at radius 3 is 1.85 bits per heavy atom. The average Bonchev–Trinajstić information content (AvgIpc) is 3.14. The number of nitrogens with zero attached hydrogens (tertiary/aromatic N) is 1. The monoisotopic (exact) mass is 360 g/mol. The number of likely N-dealkylation sites (tertiary alicyclic amines) is 1. The zero-order valence-electron chi connectivity index (χ0n) is 15.7. The van der Waals surface area contributed by atoms with Gasteiger partial charge in [0.15, 0.2) is 0 Å². The van der Waals surface area contributed by atoms with Gasteiger partial charge in [-0.3, -0.25) is 4.90 Å². The van der Waals surface area contributed by atoms with Gasteiger partial charge < -0.3 is 0 Å². The summed E-state index contributed by atoms with van der Waals surface area (Å²) in [7, 11) is 0.603. The predicted molar refractivity (Wildman–Crippen MR) is 116 cm³/mol. The highest BCUT2D eigenvalue weighted by molar-refractivity contribution is 7.95. The van der Waals surface area contributed by atoms with Gasteiger partial charge in [-0.1, -0.05) is 54.6 Å². The van der Waals surface area contributed by atoms with E-state index in [9.17, 15) is 0 Å². The second-order valence-electron chi connectivity index (χ2n) is 7.37. The van der Waals surface area contributed by atoms with Crippen LogP contribution in [0.25, 0.3) is 0 Å². The van der Waals surface area contributed by atoms with Gasteiger partial charge in [-0.15, -0.1) is 0 Å². The highest BCUT2D eigenvalue weighted by Crippen LogP contribution is 2.53. The summed E-state index contributed by atoms with van der Waals surface area (Å²) in [5.74, 6) is 0. The van der Waals surface area contributed by atoms with Gasteiger partial charge in [0.25, 0.3) is 0 Å². The fourth-order valence-electron chi connectivity index (χ4n) is 4.36. The van der Waals surface area contributed by atoms with E-state index >= 15 is 0 Å². The topological polar surface area (TPSA) is 3.24 Å². The van der Waals surface area contributed by atoms with Crippen LogP contribution >= 0.6 is 7.26 Å². The van der Waals surface area contributed by atoms with Crippen LogP contribution in [0.2, 0.25) is 0 Å². The molecule has 1 aliphatic rings. The summed E-state index contributed by atoms with van der Waals surface area (Å²) in [6, 6.07) is 32.0. The molecule has 1 fully saturated rings. The fraction of sp³-hybridized carbons (Fsp3) is 0.250. The number of benzene rings is 3. The lowest BCUT2D eigenvalue weighted by molar-refractivity contribution is 0.318. The highest BCUT2D eigenvalue weighted by Gasteiger charge is 2.43. The fourth-order valence-corrected chi connectivity index (χ4v) is 7.87. The molecule has 1 unspecified atom stereocenters. The molecular formula is C24H27NP+. The molecule has 2 heteroatoms. The van der Waals surface area contributed by atoms with E-state index in [4.69, 9.17) is 0 Å². The summed E-state index contributed by atoms with van der Waals surface area (Å²) >= 11 is 0. The molecule has 1 saturated heterocycles. The van der Waals surface area contributed by atoms with Crippen LogP contribution in [0.15, 0.2) is 84.9 Å². The Bertz CT molecular complexity index is 820. The van der Waals surface area contributed by atoms with Crippen molar-refractivity contribution in [3.05, 3.63) is 90.5 Å². The van der Waals surface area contributed by atoms with Crippen molar-refractivity contribution in [1.82, 2.24) is 4.90 Å². The van der Waals surface area contributed by atoms with Crippen molar-refractivity contribution in [3.63, 3.8) is 0 Å². The van der Waals surface area contributed by atoms with Gasteiger partial charge in [0, 0.05) is 11.6 Å². The van der Waals surface area contributed by atoms with Crippen LogP contribution in [0.5, 0.6) is 0 Å². The molecule has 0 radical (unpaired) electrons. The van der Waals surface area contributed by atoms with Gasteiger partial charge in [-0.2, -0.15) is 0 Å². The molecule has 26 heavy (non-hydrogen) atoms. The largest absolute Gasteiger partial charge is 0.299 e. The van der Waals surface area contributed by atoms with Gasteiger partial charge in [0.1, 0.15) is 23.2 Å². The Balaban J connectivity index is 1.94. The molecule has 3 aromatic rings. The molecule has 4 rings (SSSR count). The Hall–Kier alpha value is -1.95. The summed E-state index contributed by atoms with van der Waals surface area (Å²) in [5, 5.41) is 4.45. The van der Waals surface area contributed by atoms with E-state index in [0.717, 1.165) is 0 Å². The van der Waals surface area contributed by atoms with Crippen molar-refractivity contribution >= 4 is 23.2 Å². The average molecular weight is 360 g/mol. The van der Waals surface area contributed by atoms with Crippen LogP contribution in [0.3, 0.4) is 0 Å². The molecule has 0 N–H and O–H groups in total. The summed E-state index contributed by atoms with van der Waals surface area (Å²) in [6.45, 7) is 3.69.